The van der Waals surface area contributed by atoms with E-state index in [0.717, 1.165) is 24.9 Å². The molecule has 0 saturated carbocycles. The average Bonchev–Trinajstić information content (AvgIpc) is 2.85. The van der Waals surface area contributed by atoms with Crippen LogP contribution in [0.1, 0.15) is 44.9 Å². The second-order valence-electron chi connectivity index (χ2n) is 6.28. The summed E-state index contributed by atoms with van der Waals surface area (Å²) in [5.41, 5.74) is 0.806. The molecule has 0 aliphatic carbocycles. The van der Waals surface area contributed by atoms with Gasteiger partial charge in [-0.25, -0.2) is 4.98 Å². The number of nitriles is 1. The van der Waals surface area contributed by atoms with Gasteiger partial charge in [0.15, 0.2) is 0 Å². The van der Waals surface area contributed by atoms with Crippen molar-refractivity contribution in [3.63, 3.8) is 0 Å². The first-order chi connectivity index (χ1) is 9.90. The number of hydrogen-bond donors (Lipinski definition) is 0. The molecule has 21 heavy (non-hydrogen) atoms. The number of ether oxygens (including phenoxy) is 1. The van der Waals surface area contributed by atoms with Crippen molar-refractivity contribution in [2.75, 3.05) is 6.54 Å². The summed E-state index contributed by atoms with van der Waals surface area (Å²) in [7, 11) is 0. The Balaban J connectivity index is 2.09. The number of aromatic nitrogens is 1. The molecular formula is C16H21N3O2. The van der Waals surface area contributed by atoms with Gasteiger partial charge in [-0.3, -0.25) is 9.69 Å². The van der Waals surface area contributed by atoms with Crippen LogP contribution in [0.5, 0.6) is 0 Å². The maximum atomic E-state index is 12.3. The monoisotopic (exact) mass is 287 g/mol. The Morgan fingerprint density at radius 1 is 1.57 bits per heavy atom. The molecule has 0 amide bonds. The number of pyridine rings is 1. The summed E-state index contributed by atoms with van der Waals surface area (Å²) in [6.45, 7) is 7.02. The van der Waals surface area contributed by atoms with Gasteiger partial charge in [0.05, 0.1) is 0 Å². The maximum Gasteiger partial charge on any atom is 0.323 e. The molecule has 2 heterocycles. The van der Waals surface area contributed by atoms with Gasteiger partial charge in [0.2, 0.25) is 0 Å². The van der Waals surface area contributed by atoms with Crippen molar-refractivity contribution in [3.8, 4) is 6.07 Å². The largest absolute Gasteiger partial charge is 0.459 e. The number of esters is 1. The Bertz CT molecular complexity index is 557. The highest BCUT2D eigenvalue weighted by atomic mass is 16.6. The van der Waals surface area contributed by atoms with E-state index in [1.807, 2.05) is 32.9 Å². The van der Waals surface area contributed by atoms with E-state index in [4.69, 9.17) is 10.00 Å². The number of hydrogen-bond acceptors (Lipinski definition) is 5. The normalized spacial score (nSPS) is 19.2. The third-order valence-corrected chi connectivity index (χ3v) is 3.41. The molecule has 1 fully saturated rings. The smallest absolute Gasteiger partial charge is 0.323 e. The molecule has 2 rings (SSSR count). The zero-order chi connectivity index (χ0) is 15.5. The van der Waals surface area contributed by atoms with Crippen molar-refractivity contribution in [2.24, 2.45) is 0 Å². The van der Waals surface area contributed by atoms with Gasteiger partial charge in [0, 0.05) is 18.3 Å². The highest BCUT2D eigenvalue weighted by Gasteiger charge is 2.34. The van der Waals surface area contributed by atoms with E-state index in [1.165, 1.54) is 0 Å². The molecule has 1 aliphatic rings. The van der Waals surface area contributed by atoms with Gasteiger partial charge < -0.3 is 4.74 Å². The Morgan fingerprint density at radius 2 is 2.33 bits per heavy atom. The molecule has 0 bridgehead atoms. The van der Waals surface area contributed by atoms with Gasteiger partial charge in [0.25, 0.3) is 0 Å². The lowest BCUT2D eigenvalue weighted by molar-refractivity contribution is -0.160. The minimum absolute atomic E-state index is 0.178. The van der Waals surface area contributed by atoms with Crippen LogP contribution >= 0.6 is 0 Å². The highest BCUT2D eigenvalue weighted by molar-refractivity contribution is 5.76. The van der Waals surface area contributed by atoms with Crippen LogP contribution in [0.4, 0.5) is 0 Å². The van der Waals surface area contributed by atoms with E-state index in [1.54, 1.807) is 6.20 Å². The first-order valence-electron chi connectivity index (χ1n) is 7.21. The number of carbonyl (C=O) groups is 1. The van der Waals surface area contributed by atoms with Gasteiger partial charge in [-0.1, -0.05) is 6.07 Å². The van der Waals surface area contributed by atoms with E-state index in [-0.39, 0.29) is 12.0 Å². The van der Waals surface area contributed by atoms with E-state index in [0.29, 0.717) is 12.2 Å². The predicted molar refractivity (Wildman–Crippen MR) is 78.2 cm³/mol. The molecule has 0 unspecified atom stereocenters. The molecule has 5 nitrogen and oxygen atoms in total. The Hall–Kier alpha value is -1.93. The fourth-order valence-electron chi connectivity index (χ4n) is 2.54. The summed E-state index contributed by atoms with van der Waals surface area (Å²) in [4.78, 5) is 18.4. The molecule has 0 spiro atoms. The SMILES string of the molecule is CC(C)(C)OC(=O)[C@H]1CCCN1Cc1cccnc1C#N. The van der Waals surface area contributed by atoms with Crippen LogP contribution in [0, 0.1) is 11.3 Å². The summed E-state index contributed by atoms with van der Waals surface area (Å²) in [6, 6.07) is 5.57. The number of rotatable bonds is 3. The molecule has 112 valence electrons. The fourth-order valence-corrected chi connectivity index (χ4v) is 2.54. The van der Waals surface area contributed by atoms with Crippen LogP contribution in [0.2, 0.25) is 0 Å². The van der Waals surface area contributed by atoms with Crippen LogP contribution in [-0.4, -0.2) is 34.0 Å². The van der Waals surface area contributed by atoms with E-state index in [9.17, 15) is 4.79 Å². The molecule has 0 radical (unpaired) electrons. The third kappa shape index (κ3) is 4.02. The van der Waals surface area contributed by atoms with E-state index >= 15 is 0 Å². The van der Waals surface area contributed by atoms with Crippen LogP contribution in [0.3, 0.4) is 0 Å². The van der Waals surface area contributed by atoms with Crippen molar-refractivity contribution in [3.05, 3.63) is 29.6 Å². The summed E-state index contributed by atoms with van der Waals surface area (Å²) in [5.74, 6) is -0.178. The Kier molecular flexibility index (Phi) is 4.59. The lowest BCUT2D eigenvalue weighted by Gasteiger charge is -2.27. The number of nitrogens with zero attached hydrogens (tertiary/aromatic N) is 3. The quantitative estimate of drug-likeness (QED) is 0.798. The first kappa shape index (κ1) is 15.5. The van der Waals surface area contributed by atoms with Gasteiger partial charge >= 0.3 is 5.97 Å². The summed E-state index contributed by atoms with van der Waals surface area (Å²) >= 11 is 0. The zero-order valence-electron chi connectivity index (χ0n) is 12.8. The van der Waals surface area contributed by atoms with Gasteiger partial charge in [-0.15, -0.1) is 0 Å². The molecular weight excluding hydrogens is 266 g/mol. The molecule has 1 aliphatic heterocycles. The first-order valence-corrected chi connectivity index (χ1v) is 7.21. The minimum atomic E-state index is -0.475. The van der Waals surface area contributed by atoms with Crippen LogP contribution in [-0.2, 0) is 16.1 Å². The molecule has 1 aromatic heterocycles. The standard InChI is InChI=1S/C16H21N3O2/c1-16(2,3)21-15(20)14-7-5-9-19(14)11-12-6-4-8-18-13(12)10-17/h4,6,8,14H,5,7,9,11H2,1-3H3/t14-/m1/s1. The summed E-state index contributed by atoms with van der Waals surface area (Å²) in [5, 5.41) is 9.10. The topological polar surface area (TPSA) is 66.2 Å². The Morgan fingerprint density at radius 3 is 3.00 bits per heavy atom. The van der Waals surface area contributed by atoms with Crippen molar-refractivity contribution in [1.29, 1.82) is 5.26 Å². The van der Waals surface area contributed by atoms with Crippen molar-refractivity contribution in [1.82, 2.24) is 9.88 Å². The van der Waals surface area contributed by atoms with Crippen molar-refractivity contribution >= 4 is 5.97 Å². The van der Waals surface area contributed by atoms with Gasteiger partial charge in [-0.05, 0) is 46.2 Å². The van der Waals surface area contributed by atoms with Crippen molar-refractivity contribution in [2.45, 2.75) is 51.8 Å². The predicted octanol–water partition coefficient (Wildman–Crippen LogP) is 2.26. The second-order valence-corrected chi connectivity index (χ2v) is 6.28. The lowest BCUT2D eigenvalue weighted by Crippen LogP contribution is -2.40. The summed E-state index contributed by atoms with van der Waals surface area (Å²) in [6.07, 6.45) is 3.38. The molecule has 1 saturated heterocycles. The minimum Gasteiger partial charge on any atom is -0.459 e. The third-order valence-electron chi connectivity index (χ3n) is 3.41. The van der Waals surface area contributed by atoms with Crippen LogP contribution in [0.25, 0.3) is 0 Å². The maximum absolute atomic E-state index is 12.3. The molecule has 1 aromatic rings. The summed E-state index contributed by atoms with van der Waals surface area (Å²) < 4.78 is 5.48. The fraction of sp³-hybridized carbons (Fsp3) is 0.562. The van der Waals surface area contributed by atoms with E-state index < -0.39 is 5.60 Å². The van der Waals surface area contributed by atoms with Crippen LogP contribution in [0.15, 0.2) is 18.3 Å². The lowest BCUT2D eigenvalue weighted by atomic mass is 10.1. The highest BCUT2D eigenvalue weighted by Crippen LogP contribution is 2.23. The molecule has 0 aromatic carbocycles. The van der Waals surface area contributed by atoms with Crippen molar-refractivity contribution < 1.29 is 9.53 Å². The van der Waals surface area contributed by atoms with Gasteiger partial charge in [-0.2, -0.15) is 5.26 Å². The van der Waals surface area contributed by atoms with Gasteiger partial charge in [0.1, 0.15) is 23.4 Å². The van der Waals surface area contributed by atoms with E-state index in [2.05, 4.69) is 16.0 Å². The average molecular weight is 287 g/mol. The second kappa shape index (κ2) is 6.23. The number of likely N-dealkylation sites (tertiary alicyclic amines) is 1. The van der Waals surface area contributed by atoms with Crippen LogP contribution < -0.4 is 0 Å². The Labute approximate surface area is 125 Å². The molecule has 1 atom stereocenters. The molecule has 5 heteroatoms. The molecule has 0 N–H and O–H groups in total. The zero-order valence-corrected chi connectivity index (χ0v) is 12.8. The number of carbonyl (C=O) groups excluding carboxylic acids is 1.